The first kappa shape index (κ1) is 15.3. The summed E-state index contributed by atoms with van der Waals surface area (Å²) in [5.41, 5.74) is 0. The minimum Gasteiger partial charge on any atom is -0.393 e. The van der Waals surface area contributed by atoms with E-state index in [1.165, 1.54) is 45.2 Å². The van der Waals surface area contributed by atoms with Crippen LogP contribution in [0.4, 0.5) is 0 Å². The molecule has 4 atom stereocenters. The maximum absolute atomic E-state index is 10.3. The van der Waals surface area contributed by atoms with Crippen molar-refractivity contribution in [3.63, 3.8) is 0 Å². The molecule has 1 N–H and O–H groups in total. The molecule has 1 heterocycles. The van der Waals surface area contributed by atoms with Crippen molar-refractivity contribution in [3.05, 3.63) is 0 Å². The van der Waals surface area contributed by atoms with Gasteiger partial charge in [0.25, 0.3) is 0 Å². The van der Waals surface area contributed by atoms with Crippen molar-refractivity contribution in [2.75, 3.05) is 19.6 Å². The number of rotatable bonds is 5. The van der Waals surface area contributed by atoms with Crippen LogP contribution in [0.2, 0.25) is 0 Å². The van der Waals surface area contributed by atoms with Crippen LogP contribution in [0.3, 0.4) is 0 Å². The summed E-state index contributed by atoms with van der Waals surface area (Å²) in [6.07, 6.45) is 7.53. The van der Waals surface area contributed by atoms with Crippen molar-refractivity contribution >= 4 is 0 Å². The lowest BCUT2D eigenvalue weighted by Crippen LogP contribution is -2.38. The maximum atomic E-state index is 10.3. The van der Waals surface area contributed by atoms with Gasteiger partial charge in [0.05, 0.1) is 6.10 Å². The van der Waals surface area contributed by atoms with Crippen LogP contribution in [-0.4, -0.2) is 35.7 Å². The zero-order valence-electron chi connectivity index (χ0n) is 13.1. The molecule has 1 aliphatic heterocycles. The Morgan fingerprint density at radius 2 is 2.00 bits per heavy atom. The molecule has 0 aromatic carbocycles. The lowest BCUT2D eigenvalue weighted by atomic mass is 9.77. The highest BCUT2D eigenvalue weighted by Gasteiger charge is 2.32. The third-order valence-corrected chi connectivity index (χ3v) is 5.49. The Labute approximate surface area is 119 Å². The molecule has 0 radical (unpaired) electrons. The molecule has 2 fully saturated rings. The second-order valence-electron chi connectivity index (χ2n) is 7.35. The fourth-order valence-electron chi connectivity index (χ4n) is 4.12. The molecule has 4 unspecified atom stereocenters. The predicted octanol–water partition coefficient (Wildman–Crippen LogP) is 3.54. The van der Waals surface area contributed by atoms with E-state index in [0.717, 1.165) is 30.7 Å². The van der Waals surface area contributed by atoms with Crippen molar-refractivity contribution in [1.82, 2.24) is 4.90 Å². The minimum absolute atomic E-state index is 0.0359. The van der Waals surface area contributed by atoms with Crippen LogP contribution < -0.4 is 0 Å². The van der Waals surface area contributed by atoms with Gasteiger partial charge in [-0.05, 0) is 55.9 Å². The average Bonchev–Trinajstić information content (AvgIpc) is 2.82. The van der Waals surface area contributed by atoms with Gasteiger partial charge in [-0.3, -0.25) is 0 Å². The van der Waals surface area contributed by atoms with Gasteiger partial charge in [-0.25, -0.2) is 0 Å². The number of nitrogens with zero attached hydrogens (tertiary/aromatic N) is 1. The normalized spacial score (nSPS) is 37.1. The van der Waals surface area contributed by atoms with E-state index in [4.69, 9.17) is 0 Å². The highest BCUT2D eigenvalue weighted by molar-refractivity contribution is 4.85. The smallest absolute Gasteiger partial charge is 0.0580 e. The van der Waals surface area contributed by atoms with E-state index in [0.29, 0.717) is 5.92 Å². The molecule has 2 aliphatic rings. The summed E-state index contributed by atoms with van der Waals surface area (Å²) in [6, 6.07) is 0. The second kappa shape index (κ2) is 7.08. The van der Waals surface area contributed by atoms with E-state index in [2.05, 4.69) is 25.7 Å². The van der Waals surface area contributed by atoms with E-state index >= 15 is 0 Å². The van der Waals surface area contributed by atoms with Gasteiger partial charge in [0.15, 0.2) is 0 Å². The molecule has 0 spiro atoms. The highest BCUT2D eigenvalue weighted by Crippen LogP contribution is 2.34. The van der Waals surface area contributed by atoms with Gasteiger partial charge in [0.1, 0.15) is 0 Å². The number of hydrogen-bond acceptors (Lipinski definition) is 2. The Bertz CT molecular complexity index is 266. The molecular formula is C17H33NO. The van der Waals surface area contributed by atoms with Crippen LogP contribution in [0.1, 0.15) is 59.3 Å². The van der Waals surface area contributed by atoms with Crippen molar-refractivity contribution in [2.45, 2.75) is 65.4 Å². The third-order valence-electron chi connectivity index (χ3n) is 5.49. The zero-order chi connectivity index (χ0) is 13.8. The number of aliphatic hydroxyl groups excluding tert-OH is 1. The average molecular weight is 267 g/mol. The largest absolute Gasteiger partial charge is 0.393 e. The molecule has 2 nitrogen and oxygen atoms in total. The Kier molecular flexibility index (Phi) is 5.70. The molecule has 1 saturated heterocycles. The van der Waals surface area contributed by atoms with Crippen LogP contribution >= 0.6 is 0 Å². The molecule has 2 heteroatoms. The van der Waals surface area contributed by atoms with E-state index in [-0.39, 0.29) is 6.10 Å². The van der Waals surface area contributed by atoms with E-state index in [1.54, 1.807) is 0 Å². The molecule has 1 saturated carbocycles. The highest BCUT2D eigenvalue weighted by atomic mass is 16.3. The molecule has 0 amide bonds. The van der Waals surface area contributed by atoms with Crippen LogP contribution in [0.5, 0.6) is 0 Å². The molecule has 0 bridgehead atoms. The van der Waals surface area contributed by atoms with Gasteiger partial charge in [-0.15, -0.1) is 0 Å². The molecular weight excluding hydrogens is 234 g/mol. The van der Waals surface area contributed by atoms with Gasteiger partial charge < -0.3 is 10.0 Å². The summed E-state index contributed by atoms with van der Waals surface area (Å²) >= 11 is 0. The number of hydrogen-bond donors (Lipinski definition) is 1. The summed E-state index contributed by atoms with van der Waals surface area (Å²) in [5.74, 6) is 3.11. The summed E-state index contributed by atoms with van der Waals surface area (Å²) in [5, 5.41) is 10.3. The summed E-state index contributed by atoms with van der Waals surface area (Å²) in [4.78, 5) is 2.62. The molecule has 112 valence electrons. The van der Waals surface area contributed by atoms with Crippen LogP contribution in [0.25, 0.3) is 0 Å². The lowest BCUT2D eigenvalue weighted by molar-refractivity contribution is 0.0287. The Hall–Kier alpha value is -0.0800. The third kappa shape index (κ3) is 4.19. The van der Waals surface area contributed by atoms with Gasteiger partial charge in [0, 0.05) is 13.1 Å². The van der Waals surface area contributed by atoms with Gasteiger partial charge >= 0.3 is 0 Å². The first-order chi connectivity index (χ1) is 9.10. The minimum atomic E-state index is -0.0359. The molecule has 0 aromatic heterocycles. The maximum Gasteiger partial charge on any atom is 0.0580 e. The molecule has 0 aromatic rings. The molecule has 2 rings (SSSR count). The number of aliphatic hydroxyl groups is 1. The van der Waals surface area contributed by atoms with Crippen LogP contribution in [0, 0.1) is 23.7 Å². The lowest BCUT2D eigenvalue weighted by Gasteiger charge is -2.35. The van der Waals surface area contributed by atoms with Gasteiger partial charge in [-0.1, -0.05) is 33.6 Å². The second-order valence-corrected chi connectivity index (χ2v) is 7.35. The van der Waals surface area contributed by atoms with Crippen molar-refractivity contribution < 1.29 is 5.11 Å². The first-order valence-corrected chi connectivity index (χ1v) is 8.50. The van der Waals surface area contributed by atoms with E-state index in [9.17, 15) is 5.11 Å². The van der Waals surface area contributed by atoms with Crippen molar-refractivity contribution in [2.24, 2.45) is 23.7 Å². The quantitative estimate of drug-likeness (QED) is 0.823. The van der Waals surface area contributed by atoms with E-state index < -0.39 is 0 Å². The van der Waals surface area contributed by atoms with Crippen molar-refractivity contribution in [1.29, 1.82) is 0 Å². The summed E-state index contributed by atoms with van der Waals surface area (Å²) < 4.78 is 0. The summed E-state index contributed by atoms with van der Waals surface area (Å²) in [6.45, 7) is 10.6. The monoisotopic (exact) mass is 267 g/mol. The number of likely N-dealkylation sites (tertiary alicyclic amines) is 1. The van der Waals surface area contributed by atoms with Gasteiger partial charge in [0.2, 0.25) is 0 Å². The van der Waals surface area contributed by atoms with Crippen LogP contribution in [-0.2, 0) is 0 Å². The topological polar surface area (TPSA) is 23.5 Å². The molecule has 19 heavy (non-hydrogen) atoms. The standard InChI is InChI=1S/C17H33NO/c1-4-5-14-6-7-17(19)16(10-14)12-18-9-8-15(11-18)13(2)3/h13-17,19H,4-12H2,1-3H3. The Balaban J connectivity index is 1.80. The van der Waals surface area contributed by atoms with Crippen molar-refractivity contribution in [3.8, 4) is 0 Å². The zero-order valence-corrected chi connectivity index (χ0v) is 13.1. The predicted molar refractivity (Wildman–Crippen MR) is 81.1 cm³/mol. The Morgan fingerprint density at radius 3 is 2.63 bits per heavy atom. The van der Waals surface area contributed by atoms with E-state index in [1.807, 2.05) is 0 Å². The van der Waals surface area contributed by atoms with Gasteiger partial charge in [-0.2, -0.15) is 0 Å². The fraction of sp³-hybridized carbons (Fsp3) is 1.00. The first-order valence-electron chi connectivity index (χ1n) is 8.50. The SMILES string of the molecule is CCCC1CCC(O)C(CN2CCC(C(C)C)C2)C1. The summed E-state index contributed by atoms with van der Waals surface area (Å²) in [7, 11) is 0. The van der Waals surface area contributed by atoms with Crippen LogP contribution in [0.15, 0.2) is 0 Å². The fourth-order valence-corrected chi connectivity index (χ4v) is 4.12. The Morgan fingerprint density at radius 1 is 1.21 bits per heavy atom. The molecule has 1 aliphatic carbocycles.